The maximum absolute atomic E-state index is 12.0. The number of fused-ring (bicyclic) bond motifs is 1. The van der Waals surface area contributed by atoms with Crippen molar-refractivity contribution in [3.8, 4) is 5.75 Å². The molecule has 3 aromatic rings. The van der Waals surface area contributed by atoms with Crippen LogP contribution in [0.5, 0.6) is 5.75 Å². The minimum Gasteiger partial charge on any atom is -0.490 e. The number of carbonyl (C=O) groups is 1. The molecule has 28 heavy (non-hydrogen) atoms. The number of anilines is 2. The Morgan fingerprint density at radius 3 is 2.86 bits per heavy atom. The van der Waals surface area contributed by atoms with Gasteiger partial charge in [-0.05, 0) is 46.9 Å². The van der Waals surface area contributed by atoms with E-state index in [1.54, 1.807) is 12.1 Å². The number of hydrogen-bond donors (Lipinski definition) is 2. The summed E-state index contributed by atoms with van der Waals surface area (Å²) in [6.07, 6.45) is 0. The van der Waals surface area contributed by atoms with E-state index in [1.165, 1.54) is 0 Å². The Kier molecular flexibility index (Phi) is 6.93. The van der Waals surface area contributed by atoms with Crippen LogP contribution in [0.25, 0.3) is 10.9 Å². The van der Waals surface area contributed by atoms with Gasteiger partial charge in [0.2, 0.25) is 5.82 Å². The van der Waals surface area contributed by atoms with Crippen LogP contribution < -0.4 is 15.8 Å². The van der Waals surface area contributed by atoms with Crippen molar-refractivity contribution in [1.29, 1.82) is 0 Å². The second kappa shape index (κ2) is 9.60. The van der Waals surface area contributed by atoms with E-state index >= 15 is 0 Å². The van der Waals surface area contributed by atoms with E-state index in [2.05, 4.69) is 43.9 Å². The highest BCUT2D eigenvalue weighted by Crippen LogP contribution is 2.27. The van der Waals surface area contributed by atoms with Gasteiger partial charge in [0.05, 0.1) is 18.7 Å². The third-order valence-corrected chi connectivity index (χ3v) is 4.29. The summed E-state index contributed by atoms with van der Waals surface area (Å²) in [6, 6.07) is 14.0. The van der Waals surface area contributed by atoms with E-state index in [-0.39, 0.29) is 25.6 Å². The third-order valence-electron chi connectivity index (χ3n) is 3.62. The number of hydrogen-bond acceptors (Lipinski definition) is 6. The number of nitrogens with two attached hydrogens (primary N) is 1. The van der Waals surface area contributed by atoms with Crippen LogP contribution in [0.3, 0.4) is 0 Å². The molecule has 3 N–H and O–H groups in total. The summed E-state index contributed by atoms with van der Waals surface area (Å²) in [4.78, 5) is 20.1. The molecule has 0 aliphatic rings. The molecule has 3 rings (SSSR count). The summed E-state index contributed by atoms with van der Waals surface area (Å²) in [5.74, 6) is 0.0205. The van der Waals surface area contributed by atoms with Gasteiger partial charge in [-0.2, -0.15) is 0 Å². The number of amides is 1. The first-order valence-corrected chi connectivity index (χ1v) is 9.47. The lowest BCUT2D eigenvalue weighted by Crippen LogP contribution is -2.16. The highest BCUT2D eigenvalue weighted by atomic mass is 127. The predicted octanol–water partition coefficient (Wildman–Crippen LogP) is 3.24. The highest BCUT2D eigenvalue weighted by molar-refractivity contribution is 14.1. The summed E-state index contributed by atoms with van der Waals surface area (Å²) >= 11 is 2.21. The first-order valence-electron chi connectivity index (χ1n) is 8.39. The van der Waals surface area contributed by atoms with E-state index in [9.17, 15) is 9.18 Å². The summed E-state index contributed by atoms with van der Waals surface area (Å²) in [7, 11) is 0. The molecule has 1 aromatic heterocycles. The fraction of sp³-hybridized carbons (Fsp3) is 0.211. The van der Waals surface area contributed by atoms with E-state index in [0.717, 1.165) is 9.26 Å². The topological polar surface area (TPSA) is 99.4 Å². The van der Waals surface area contributed by atoms with Gasteiger partial charge >= 0.3 is 0 Å². The van der Waals surface area contributed by atoms with Crippen LogP contribution >= 0.6 is 22.6 Å². The van der Waals surface area contributed by atoms with E-state index < -0.39 is 12.6 Å². The van der Waals surface area contributed by atoms with Crippen LogP contribution in [-0.2, 0) is 4.74 Å². The van der Waals surface area contributed by atoms with Crippen LogP contribution in [0, 0.1) is 9.64 Å². The Morgan fingerprint density at radius 1 is 1.25 bits per heavy atom. The molecule has 0 aliphatic heterocycles. The fourth-order valence-corrected chi connectivity index (χ4v) is 2.95. The van der Waals surface area contributed by atoms with Crippen molar-refractivity contribution in [2.45, 2.75) is 0 Å². The number of benzene rings is 2. The fourth-order valence-electron chi connectivity index (χ4n) is 2.41. The summed E-state index contributed by atoms with van der Waals surface area (Å²) in [5.41, 5.74) is 6.67. The van der Waals surface area contributed by atoms with Gasteiger partial charge in [-0.3, -0.25) is 4.79 Å². The zero-order valence-corrected chi connectivity index (χ0v) is 16.9. The monoisotopic (exact) mass is 495 g/mol. The van der Waals surface area contributed by atoms with Gasteiger partial charge in [-0.1, -0.05) is 6.07 Å². The standard InChI is InChI=1S/C19H17FIN4O3/c20-6-7-27-8-9-28-14-4-5-15-16(11-14)24-19(17(22)26)25-18(15)23-13-3-1-2-12(21)10-13/h1-3,5,10-11H,6-9H2,(H2,22,26)(H,23,24,25). The number of carbonyl (C=O) groups excluding carboxylic acids is 1. The van der Waals surface area contributed by atoms with Crippen LogP contribution in [0.2, 0.25) is 0 Å². The Bertz CT molecular complexity index is 987. The smallest absolute Gasteiger partial charge is 0.286 e. The quantitative estimate of drug-likeness (QED) is 0.350. The number of nitrogens with zero attached hydrogens (tertiary/aromatic N) is 2. The van der Waals surface area contributed by atoms with Gasteiger partial charge in [0.25, 0.3) is 5.91 Å². The molecule has 0 unspecified atom stereocenters. The van der Waals surface area contributed by atoms with Gasteiger partial charge in [0.15, 0.2) is 0 Å². The first kappa shape index (κ1) is 20.2. The molecule has 1 amide bonds. The maximum atomic E-state index is 12.0. The van der Waals surface area contributed by atoms with E-state index in [4.69, 9.17) is 15.2 Å². The molecule has 1 heterocycles. The number of ether oxygens (including phenoxy) is 2. The Morgan fingerprint density at radius 2 is 2.11 bits per heavy atom. The van der Waals surface area contributed by atoms with Crippen LogP contribution in [-0.4, -0.2) is 42.4 Å². The van der Waals surface area contributed by atoms with Crippen molar-refractivity contribution < 1.29 is 18.7 Å². The lowest BCUT2D eigenvalue weighted by Gasteiger charge is -2.12. The molecule has 0 atom stereocenters. The van der Waals surface area contributed by atoms with Gasteiger partial charge in [0, 0.05) is 26.8 Å². The second-order valence-electron chi connectivity index (χ2n) is 5.64. The maximum Gasteiger partial charge on any atom is 0.286 e. The lowest BCUT2D eigenvalue weighted by atomic mass is 10.2. The van der Waals surface area contributed by atoms with E-state index in [1.807, 2.05) is 24.3 Å². The van der Waals surface area contributed by atoms with Crippen molar-refractivity contribution in [3.63, 3.8) is 0 Å². The van der Waals surface area contributed by atoms with Crippen molar-refractivity contribution in [2.75, 3.05) is 31.8 Å². The van der Waals surface area contributed by atoms with Crippen molar-refractivity contribution in [1.82, 2.24) is 9.97 Å². The summed E-state index contributed by atoms with van der Waals surface area (Å²) in [5, 5.41) is 3.85. The zero-order valence-electron chi connectivity index (χ0n) is 14.7. The van der Waals surface area contributed by atoms with Crippen LogP contribution in [0.1, 0.15) is 10.6 Å². The molecule has 0 bridgehead atoms. The third kappa shape index (κ3) is 5.26. The molecule has 0 saturated heterocycles. The normalized spacial score (nSPS) is 10.8. The zero-order chi connectivity index (χ0) is 19.9. The number of aromatic nitrogens is 2. The summed E-state index contributed by atoms with van der Waals surface area (Å²) < 4.78 is 23.6. The van der Waals surface area contributed by atoms with Gasteiger partial charge in [0.1, 0.15) is 24.8 Å². The Balaban J connectivity index is 1.88. The molecule has 145 valence electrons. The molecular formula is C19H17FIN4O3. The van der Waals surface area contributed by atoms with Crippen molar-refractivity contribution in [2.24, 2.45) is 5.73 Å². The predicted molar refractivity (Wildman–Crippen MR) is 112 cm³/mol. The van der Waals surface area contributed by atoms with Gasteiger partial charge in [-0.25, -0.2) is 14.4 Å². The molecule has 1 radical (unpaired) electrons. The van der Waals surface area contributed by atoms with Crippen molar-refractivity contribution >= 4 is 50.9 Å². The minimum absolute atomic E-state index is 0.0352. The molecule has 7 nitrogen and oxygen atoms in total. The number of halogens is 2. The molecule has 2 aromatic carbocycles. The number of nitrogens with one attached hydrogen (secondary N) is 1. The van der Waals surface area contributed by atoms with Crippen molar-refractivity contribution in [3.05, 3.63) is 51.9 Å². The number of rotatable bonds is 9. The summed E-state index contributed by atoms with van der Waals surface area (Å²) in [6.45, 7) is -0.00647. The van der Waals surface area contributed by atoms with E-state index in [0.29, 0.717) is 22.5 Å². The molecular weight excluding hydrogens is 478 g/mol. The molecule has 0 fully saturated rings. The molecule has 0 saturated carbocycles. The highest BCUT2D eigenvalue weighted by Gasteiger charge is 2.13. The molecule has 9 heteroatoms. The average Bonchev–Trinajstić information content (AvgIpc) is 2.67. The lowest BCUT2D eigenvalue weighted by molar-refractivity contribution is 0.0897. The second-order valence-corrected chi connectivity index (χ2v) is 6.89. The first-order chi connectivity index (χ1) is 13.6. The van der Waals surface area contributed by atoms with Gasteiger partial charge < -0.3 is 20.5 Å². The Hall–Kier alpha value is -2.53. The average molecular weight is 495 g/mol. The minimum atomic E-state index is -0.734. The van der Waals surface area contributed by atoms with Crippen LogP contribution in [0.4, 0.5) is 15.9 Å². The van der Waals surface area contributed by atoms with Crippen LogP contribution in [0.15, 0.2) is 36.4 Å². The molecule has 0 aliphatic carbocycles. The number of primary amides is 1. The largest absolute Gasteiger partial charge is 0.490 e. The number of alkyl halides is 1. The Labute approximate surface area is 174 Å². The molecule has 0 spiro atoms. The van der Waals surface area contributed by atoms with Gasteiger partial charge in [-0.15, -0.1) is 0 Å². The SMILES string of the molecule is NC(=O)c1nc(Nc2cccc(I)c2)c2c[c]c(OCCOCCF)cc2n1.